The van der Waals surface area contributed by atoms with E-state index < -0.39 is 15.8 Å². The van der Waals surface area contributed by atoms with E-state index in [0.717, 1.165) is 31.4 Å². The number of hydrogen-bond donors (Lipinski definition) is 0. The van der Waals surface area contributed by atoms with Gasteiger partial charge in [0.2, 0.25) is 10.0 Å². The van der Waals surface area contributed by atoms with Gasteiger partial charge in [0.05, 0.1) is 9.92 Å². The summed E-state index contributed by atoms with van der Waals surface area (Å²) < 4.78 is 42.2. The summed E-state index contributed by atoms with van der Waals surface area (Å²) in [5, 5.41) is -0.184. The molecule has 26 heavy (non-hydrogen) atoms. The number of halogens is 2. The molecular formula is C17H22ClFN4O2S. The number of hydrogen-bond acceptors (Lipinski definition) is 4. The van der Waals surface area contributed by atoms with Gasteiger partial charge in [0.1, 0.15) is 11.6 Å². The van der Waals surface area contributed by atoms with E-state index in [2.05, 4.69) is 21.4 Å². The second-order valence-corrected chi connectivity index (χ2v) is 8.56. The third kappa shape index (κ3) is 4.09. The van der Waals surface area contributed by atoms with Crippen LogP contribution in [0.15, 0.2) is 35.5 Å². The summed E-state index contributed by atoms with van der Waals surface area (Å²) in [6.45, 7) is 5.88. The number of rotatable bonds is 6. The molecule has 1 aliphatic heterocycles. The molecule has 1 aromatic heterocycles. The standard InChI is InChI=1S/C17H22ClFN4O2S/c1-2-17-20-5-6-22(17)10-7-21-8-11-23(12-9-21)26(24,25)14-3-4-16(19)15(18)13-14/h3-6,13H,2,7-12H2,1H3. The van der Waals surface area contributed by atoms with Crippen LogP contribution in [0.5, 0.6) is 0 Å². The van der Waals surface area contributed by atoms with Gasteiger partial charge in [-0.15, -0.1) is 0 Å². The average Bonchev–Trinajstić information content (AvgIpc) is 3.10. The first kappa shape index (κ1) is 19.3. The molecule has 0 bridgehead atoms. The lowest BCUT2D eigenvalue weighted by atomic mass is 10.3. The minimum Gasteiger partial charge on any atom is -0.334 e. The molecule has 1 aliphatic rings. The van der Waals surface area contributed by atoms with E-state index in [0.29, 0.717) is 26.2 Å². The number of aryl methyl sites for hydroxylation is 1. The predicted molar refractivity (Wildman–Crippen MR) is 98.2 cm³/mol. The molecule has 0 aliphatic carbocycles. The van der Waals surface area contributed by atoms with Crippen LogP contribution in [0.4, 0.5) is 4.39 Å². The maximum absolute atomic E-state index is 13.3. The highest BCUT2D eigenvalue weighted by Gasteiger charge is 2.28. The van der Waals surface area contributed by atoms with Gasteiger partial charge >= 0.3 is 0 Å². The normalized spacial score (nSPS) is 16.9. The summed E-state index contributed by atoms with van der Waals surface area (Å²) in [4.78, 5) is 6.58. The molecule has 1 saturated heterocycles. The lowest BCUT2D eigenvalue weighted by molar-refractivity contribution is 0.182. The molecule has 6 nitrogen and oxygen atoms in total. The Hall–Kier alpha value is -1.48. The van der Waals surface area contributed by atoms with Crippen molar-refractivity contribution in [2.24, 2.45) is 0 Å². The monoisotopic (exact) mass is 400 g/mol. The lowest BCUT2D eigenvalue weighted by Crippen LogP contribution is -2.49. The Morgan fingerprint density at radius 3 is 2.58 bits per heavy atom. The topological polar surface area (TPSA) is 58.4 Å². The van der Waals surface area contributed by atoms with Gasteiger partial charge in [-0.1, -0.05) is 18.5 Å². The van der Waals surface area contributed by atoms with E-state index in [4.69, 9.17) is 11.6 Å². The smallest absolute Gasteiger partial charge is 0.243 e. The number of aromatic nitrogens is 2. The molecule has 1 aromatic carbocycles. The van der Waals surface area contributed by atoms with Crippen molar-refractivity contribution in [1.29, 1.82) is 0 Å². The number of imidazole rings is 1. The van der Waals surface area contributed by atoms with Gasteiger partial charge in [-0.25, -0.2) is 17.8 Å². The van der Waals surface area contributed by atoms with Crippen LogP contribution in [0, 0.1) is 5.82 Å². The first-order valence-electron chi connectivity index (χ1n) is 8.59. The predicted octanol–water partition coefficient (Wildman–Crippen LogP) is 2.24. The molecule has 0 N–H and O–H groups in total. The molecule has 1 fully saturated rings. The highest BCUT2D eigenvalue weighted by Crippen LogP contribution is 2.23. The molecule has 0 saturated carbocycles. The molecule has 0 radical (unpaired) electrons. The third-order valence-electron chi connectivity index (χ3n) is 4.64. The molecule has 0 spiro atoms. The molecule has 2 aromatic rings. The Morgan fingerprint density at radius 1 is 1.19 bits per heavy atom. The zero-order chi connectivity index (χ0) is 18.7. The Morgan fingerprint density at radius 2 is 1.92 bits per heavy atom. The molecule has 2 heterocycles. The van der Waals surface area contributed by atoms with Crippen molar-refractivity contribution in [3.63, 3.8) is 0 Å². The van der Waals surface area contributed by atoms with E-state index in [-0.39, 0.29) is 9.92 Å². The van der Waals surface area contributed by atoms with Crippen molar-refractivity contribution in [2.45, 2.75) is 24.8 Å². The maximum Gasteiger partial charge on any atom is 0.243 e. The van der Waals surface area contributed by atoms with Crippen LogP contribution in [0.2, 0.25) is 5.02 Å². The van der Waals surface area contributed by atoms with Gasteiger partial charge in [0.15, 0.2) is 0 Å². The average molecular weight is 401 g/mol. The van der Waals surface area contributed by atoms with Crippen molar-refractivity contribution < 1.29 is 12.8 Å². The van der Waals surface area contributed by atoms with E-state index in [9.17, 15) is 12.8 Å². The zero-order valence-electron chi connectivity index (χ0n) is 14.6. The van der Waals surface area contributed by atoms with Gasteiger partial charge in [-0.3, -0.25) is 4.90 Å². The fourth-order valence-electron chi connectivity index (χ4n) is 3.09. The lowest BCUT2D eigenvalue weighted by Gasteiger charge is -2.34. The number of benzene rings is 1. The largest absolute Gasteiger partial charge is 0.334 e. The van der Waals surface area contributed by atoms with Crippen molar-refractivity contribution in [1.82, 2.24) is 18.8 Å². The Labute approximate surface area is 158 Å². The Balaban J connectivity index is 1.58. The molecule has 9 heteroatoms. The number of nitrogens with zero attached hydrogens (tertiary/aromatic N) is 4. The van der Waals surface area contributed by atoms with Crippen molar-refractivity contribution >= 4 is 21.6 Å². The number of sulfonamides is 1. The first-order valence-corrected chi connectivity index (χ1v) is 10.4. The van der Waals surface area contributed by atoms with Crippen LogP contribution in [0.3, 0.4) is 0 Å². The molecule has 3 rings (SSSR count). The summed E-state index contributed by atoms with van der Waals surface area (Å²) in [6.07, 6.45) is 4.66. The van der Waals surface area contributed by atoms with Crippen LogP contribution in [0.25, 0.3) is 0 Å². The Kier molecular flexibility index (Phi) is 5.96. The van der Waals surface area contributed by atoms with Crippen LogP contribution < -0.4 is 0 Å². The van der Waals surface area contributed by atoms with Crippen LogP contribution in [-0.2, 0) is 23.0 Å². The fraction of sp³-hybridized carbons (Fsp3) is 0.471. The third-order valence-corrected chi connectivity index (χ3v) is 6.82. The second-order valence-electron chi connectivity index (χ2n) is 6.21. The molecule has 142 valence electrons. The summed E-state index contributed by atoms with van der Waals surface area (Å²) in [5.41, 5.74) is 0. The van der Waals surface area contributed by atoms with Crippen LogP contribution in [0.1, 0.15) is 12.7 Å². The van der Waals surface area contributed by atoms with Crippen molar-refractivity contribution in [3.8, 4) is 0 Å². The number of piperazine rings is 1. The van der Waals surface area contributed by atoms with Gasteiger partial charge in [0, 0.05) is 58.1 Å². The SMILES string of the molecule is CCc1nccn1CCN1CCN(S(=O)(=O)c2ccc(F)c(Cl)c2)CC1. The van der Waals surface area contributed by atoms with Crippen molar-refractivity contribution in [3.05, 3.63) is 47.3 Å². The van der Waals surface area contributed by atoms with E-state index in [1.54, 1.807) is 6.20 Å². The molecule has 0 atom stereocenters. The highest BCUT2D eigenvalue weighted by molar-refractivity contribution is 7.89. The van der Waals surface area contributed by atoms with Gasteiger partial charge < -0.3 is 4.57 Å². The minimum atomic E-state index is -3.65. The highest BCUT2D eigenvalue weighted by atomic mass is 35.5. The zero-order valence-corrected chi connectivity index (χ0v) is 16.2. The van der Waals surface area contributed by atoms with Gasteiger partial charge in [-0.05, 0) is 18.2 Å². The first-order chi connectivity index (χ1) is 12.4. The van der Waals surface area contributed by atoms with E-state index >= 15 is 0 Å². The second kappa shape index (κ2) is 8.04. The quantitative estimate of drug-likeness (QED) is 0.746. The Bertz CT molecular complexity index is 863. The van der Waals surface area contributed by atoms with E-state index in [1.165, 1.54) is 16.4 Å². The van der Waals surface area contributed by atoms with Gasteiger partial charge in [0.25, 0.3) is 0 Å². The fourth-order valence-corrected chi connectivity index (χ4v) is 4.78. The van der Waals surface area contributed by atoms with Gasteiger partial charge in [-0.2, -0.15) is 4.31 Å². The maximum atomic E-state index is 13.3. The summed E-state index contributed by atoms with van der Waals surface area (Å²) in [7, 11) is -3.65. The molecular weight excluding hydrogens is 379 g/mol. The molecule has 0 unspecified atom stereocenters. The minimum absolute atomic E-state index is 0.0309. The van der Waals surface area contributed by atoms with Crippen molar-refractivity contribution in [2.75, 3.05) is 32.7 Å². The summed E-state index contributed by atoms with van der Waals surface area (Å²) in [6, 6.07) is 3.51. The van der Waals surface area contributed by atoms with Crippen LogP contribution in [-0.4, -0.2) is 59.9 Å². The summed E-state index contributed by atoms with van der Waals surface area (Å²) >= 11 is 5.72. The summed E-state index contributed by atoms with van der Waals surface area (Å²) in [5.74, 6) is 0.431. The van der Waals surface area contributed by atoms with Crippen LogP contribution >= 0.6 is 11.6 Å². The van der Waals surface area contributed by atoms with E-state index in [1.807, 2.05) is 6.20 Å². The molecule has 0 amide bonds.